The predicted octanol–water partition coefficient (Wildman–Crippen LogP) is 3.08. The standard InChI is InChI=1S/C18H18N2O.CH4N2/c1-21-18-9-7-16(8-10-18)12-20-13-17(19-14-20)11-15-5-3-2-4-6-15;2-1-3/h2-10,13-14H,11-12H2,1H3;1H,(H3,2,3). The van der Waals surface area contributed by atoms with E-state index in [0.717, 1.165) is 30.7 Å². The first kappa shape index (κ1) is 17.3. The van der Waals surface area contributed by atoms with Crippen LogP contribution in [0.2, 0.25) is 0 Å². The van der Waals surface area contributed by atoms with Crippen molar-refractivity contribution >= 4 is 6.34 Å². The summed E-state index contributed by atoms with van der Waals surface area (Å²) in [6.45, 7) is 0.825. The summed E-state index contributed by atoms with van der Waals surface area (Å²) in [6.07, 6.45) is 5.62. The lowest BCUT2D eigenvalue weighted by Crippen LogP contribution is -1.96. The van der Waals surface area contributed by atoms with Gasteiger partial charge in [0, 0.05) is 19.2 Å². The SMILES string of the molecule is COc1ccc(Cn2cnc(Cc3ccccc3)c2)cc1.N=CN. The zero-order valence-corrected chi connectivity index (χ0v) is 13.7. The molecule has 1 aromatic heterocycles. The fourth-order valence-corrected chi connectivity index (χ4v) is 2.33. The van der Waals surface area contributed by atoms with Crippen LogP contribution in [0, 0.1) is 5.41 Å². The lowest BCUT2D eigenvalue weighted by Gasteiger charge is -2.04. The zero-order valence-electron chi connectivity index (χ0n) is 13.7. The van der Waals surface area contributed by atoms with Gasteiger partial charge in [-0.15, -0.1) is 0 Å². The highest BCUT2D eigenvalue weighted by Crippen LogP contribution is 2.13. The number of nitrogens with two attached hydrogens (primary N) is 1. The molecule has 0 fully saturated rings. The predicted molar refractivity (Wildman–Crippen MR) is 96.5 cm³/mol. The smallest absolute Gasteiger partial charge is 0.118 e. The van der Waals surface area contributed by atoms with Crippen LogP contribution in [0.25, 0.3) is 0 Å². The number of aromatic nitrogens is 2. The van der Waals surface area contributed by atoms with Crippen molar-refractivity contribution in [3.8, 4) is 5.75 Å². The van der Waals surface area contributed by atoms with Crippen LogP contribution in [0.15, 0.2) is 67.1 Å². The molecule has 0 radical (unpaired) electrons. The Hall–Kier alpha value is -3.08. The summed E-state index contributed by atoms with van der Waals surface area (Å²) in [5, 5.41) is 5.86. The quantitative estimate of drug-likeness (QED) is 0.560. The number of nitrogens with zero attached hydrogens (tertiary/aromatic N) is 2. The van der Waals surface area contributed by atoms with E-state index < -0.39 is 0 Å². The maximum Gasteiger partial charge on any atom is 0.118 e. The van der Waals surface area contributed by atoms with Crippen molar-refractivity contribution in [2.45, 2.75) is 13.0 Å². The maximum atomic E-state index is 5.86. The van der Waals surface area contributed by atoms with Gasteiger partial charge < -0.3 is 15.0 Å². The minimum Gasteiger partial charge on any atom is -0.497 e. The first-order valence-corrected chi connectivity index (χ1v) is 7.63. The van der Waals surface area contributed by atoms with E-state index in [4.69, 9.17) is 10.1 Å². The summed E-state index contributed by atoms with van der Waals surface area (Å²) in [7, 11) is 1.68. The fraction of sp³-hybridized carbons (Fsp3) is 0.158. The molecule has 0 bridgehead atoms. The van der Waals surface area contributed by atoms with Crippen LogP contribution in [-0.2, 0) is 13.0 Å². The Kier molecular flexibility index (Phi) is 6.58. The second-order valence-electron chi connectivity index (χ2n) is 5.21. The first-order valence-electron chi connectivity index (χ1n) is 7.63. The van der Waals surface area contributed by atoms with Gasteiger partial charge in [-0.05, 0) is 23.3 Å². The summed E-state index contributed by atoms with van der Waals surface area (Å²) in [4.78, 5) is 4.48. The summed E-state index contributed by atoms with van der Waals surface area (Å²) in [5.41, 5.74) is 8.00. The molecule has 0 saturated heterocycles. The Labute approximate surface area is 142 Å². The van der Waals surface area contributed by atoms with Crippen LogP contribution in [0.1, 0.15) is 16.8 Å². The molecule has 0 aliphatic heterocycles. The second kappa shape index (κ2) is 9.15. The third-order valence-electron chi connectivity index (χ3n) is 3.44. The number of benzene rings is 2. The number of rotatable bonds is 5. The van der Waals surface area contributed by atoms with Gasteiger partial charge in [0.05, 0.1) is 25.5 Å². The molecule has 5 nitrogen and oxygen atoms in total. The van der Waals surface area contributed by atoms with Crippen LogP contribution in [0.3, 0.4) is 0 Å². The highest BCUT2D eigenvalue weighted by atomic mass is 16.5. The van der Waals surface area contributed by atoms with Gasteiger partial charge in [-0.3, -0.25) is 5.41 Å². The van der Waals surface area contributed by atoms with E-state index in [-0.39, 0.29) is 0 Å². The van der Waals surface area contributed by atoms with E-state index in [0.29, 0.717) is 0 Å². The van der Waals surface area contributed by atoms with Crippen molar-refractivity contribution in [3.05, 3.63) is 83.9 Å². The highest BCUT2D eigenvalue weighted by Gasteiger charge is 2.02. The lowest BCUT2D eigenvalue weighted by molar-refractivity contribution is 0.414. The summed E-state index contributed by atoms with van der Waals surface area (Å²) in [6, 6.07) is 18.5. The van der Waals surface area contributed by atoms with Gasteiger partial charge in [0.1, 0.15) is 5.75 Å². The molecule has 0 aliphatic rings. The van der Waals surface area contributed by atoms with Crippen molar-refractivity contribution in [2.24, 2.45) is 5.73 Å². The molecule has 0 saturated carbocycles. The van der Waals surface area contributed by atoms with Crippen LogP contribution in [-0.4, -0.2) is 23.0 Å². The molecule has 5 heteroatoms. The van der Waals surface area contributed by atoms with E-state index in [1.807, 2.05) is 24.5 Å². The molecule has 124 valence electrons. The number of ether oxygens (including phenoxy) is 1. The number of hydrogen-bond donors (Lipinski definition) is 2. The van der Waals surface area contributed by atoms with Gasteiger partial charge in [0.15, 0.2) is 0 Å². The third-order valence-corrected chi connectivity index (χ3v) is 3.44. The Bertz CT molecular complexity index is 736. The van der Waals surface area contributed by atoms with Crippen molar-refractivity contribution in [2.75, 3.05) is 7.11 Å². The number of imidazole rings is 1. The molecule has 3 N–H and O–H groups in total. The normalized spacial score (nSPS) is 9.71. The Morgan fingerprint density at radius 2 is 1.75 bits per heavy atom. The number of hydrogen-bond acceptors (Lipinski definition) is 3. The molecule has 0 atom stereocenters. The average molecular weight is 322 g/mol. The largest absolute Gasteiger partial charge is 0.497 e. The van der Waals surface area contributed by atoms with E-state index in [1.54, 1.807) is 7.11 Å². The second-order valence-corrected chi connectivity index (χ2v) is 5.21. The number of methoxy groups -OCH3 is 1. The van der Waals surface area contributed by atoms with E-state index in [9.17, 15) is 0 Å². The topological polar surface area (TPSA) is 76.9 Å². The molecular formula is C19H22N4O. The third kappa shape index (κ3) is 5.28. The minimum absolute atomic E-state index is 0.750. The maximum absolute atomic E-state index is 5.86. The molecule has 0 amide bonds. The molecule has 2 aromatic carbocycles. The summed E-state index contributed by atoms with van der Waals surface area (Å²) >= 11 is 0. The molecule has 1 heterocycles. The molecule has 3 aromatic rings. The van der Waals surface area contributed by atoms with Gasteiger partial charge >= 0.3 is 0 Å². The Morgan fingerprint density at radius 3 is 2.38 bits per heavy atom. The Balaban J connectivity index is 0.000000647. The van der Waals surface area contributed by atoms with Crippen LogP contribution >= 0.6 is 0 Å². The molecular weight excluding hydrogens is 300 g/mol. The lowest BCUT2D eigenvalue weighted by atomic mass is 10.1. The van der Waals surface area contributed by atoms with Gasteiger partial charge in [0.25, 0.3) is 0 Å². The van der Waals surface area contributed by atoms with Gasteiger partial charge in [-0.2, -0.15) is 0 Å². The fourth-order valence-electron chi connectivity index (χ4n) is 2.33. The molecule has 24 heavy (non-hydrogen) atoms. The van der Waals surface area contributed by atoms with E-state index in [2.05, 4.69) is 57.9 Å². The van der Waals surface area contributed by atoms with E-state index in [1.165, 1.54) is 11.1 Å². The summed E-state index contributed by atoms with van der Waals surface area (Å²) in [5.74, 6) is 0.883. The van der Waals surface area contributed by atoms with Crippen molar-refractivity contribution in [1.82, 2.24) is 9.55 Å². The van der Waals surface area contributed by atoms with Crippen molar-refractivity contribution in [1.29, 1.82) is 5.41 Å². The first-order chi connectivity index (χ1) is 11.7. The van der Waals surface area contributed by atoms with Crippen LogP contribution in [0.5, 0.6) is 5.75 Å². The number of nitrogens with one attached hydrogen (secondary N) is 1. The van der Waals surface area contributed by atoms with Gasteiger partial charge in [0.2, 0.25) is 0 Å². The molecule has 0 unspecified atom stereocenters. The van der Waals surface area contributed by atoms with Gasteiger partial charge in [-0.25, -0.2) is 4.98 Å². The minimum atomic E-state index is 0.750. The van der Waals surface area contributed by atoms with Crippen molar-refractivity contribution in [3.63, 3.8) is 0 Å². The molecule has 0 spiro atoms. The molecule has 0 aliphatic carbocycles. The van der Waals surface area contributed by atoms with Crippen molar-refractivity contribution < 1.29 is 4.74 Å². The van der Waals surface area contributed by atoms with Crippen LogP contribution < -0.4 is 10.5 Å². The monoisotopic (exact) mass is 322 g/mol. The van der Waals surface area contributed by atoms with Gasteiger partial charge in [-0.1, -0.05) is 42.5 Å². The average Bonchev–Trinajstić information content (AvgIpc) is 3.04. The highest BCUT2D eigenvalue weighted by molar-refractivity contribution is 5.46. The Morgan fingerprint density at radius 1 is 1.08 bits per heavy atom. The van der Waals surface area contributed by atoms with E-state index >= 15 is 0 Å². The summed E-state index contributed by atoms with van der Waals surface area (Å²) < 4.78 is 7.28. The van der Waals surface area contributed by atoms with Crippen LogP contribution in [0.4, 0.5) is 0 Å². The zero-order chi connectivity index (χ0) is 17.2. The molecule has 3 rings (SSSR count).